The Hall–Kier alpha value is -0.0831. The zero-order valence-electron chi connectivity index (χ0n) is 14.3. The van der Waals surface area contributed by atoms with Gasteiger partial charge in [-0.05, 0) is 34.4 Å². The molecule has 0 aliphatic carbocycles. The molecule has 19 heavy (non-hydrogen) atoms. The van der Waals surface area contributed by atoms with Crippen molar-refractivity contribution >= 4 is 8.32 Å². The van der Waals surface area contributed by atoms with Crippen molar-refractivity contribution in [3.05, 3.63) is 12.7 Å². The van der Waals surface area contributed by atoms with E-state index in [1.807, 2.05) is 6.08 Å². The quantitative estimate of drug-likeness (QED) is 0.461. The first-order valence-corrected chi connectivity index (χ1v) is 9.74. The molecule has 2 heteroatoms. The fourth-order valence-corrected chi connectivity index (χ4v) is 12.1. The van der Waals surface area contributed by atoms with E-state index in [2.05, 4.69) is 62.0 Å². The lowest BCUT2D eigenvalue weighted by Gasteiger charge is -2.52. The van der Waals surface area contributed by atoms with Gasteiger partial charge in [0.1, 0.15) is 0 Å². The molecule has 1 aliphatic heterocycles. The monoisotopic (exact) mass is 282 g/mol. The molecule has 0 aromatic heterocycles. The summed E-state index contributed by atoms with van der Waals surface area (Å²) in [5.41, 5.74) is 0.748. The van der Waals surface area contributed by atoms with E-state index in [0.717, 1.165) is 12.0 Å². The van der Waals surface area contributed by atoms with Gasteiger partial charge in [0.2, 0.25) is 8.32 Å². The molecule has 1 saturated heterocycles. The second-order valence-corrected chi connectivity index (χ2v) is 14.0. The van der Waals surface area contributed by atoms with E-state index < -0.39 is 8.32 Å². The van der Waals surface area contributed by atoms with Crippen molar-refractivity contribution in [1.29, 1.82) is 0 Å². The van der Waals surface area contributed by atoms with Gasteiger partial charge < -0.3 is 4.43 Å². The van der Waals surface area contributed by atoms with Gasteiger partial charge in [0.05, 0.1) is 0 Å². The van der Waals surface area contributed by atoms with Crippen LogP contribution in [0.15, 0.2) is 12.7 Å². The van der Waals surface area contributed by atoms with Gasteiger partial charge in [0, 0.05) is 6.10 Å². The Kier molecular flexibility index (Phi) is 4.79. The molecule has 1 fully saturated rings. The highest BCUT2D eigenvalue weighted by molar-refractivity contribution is 6.81. The van der Waals surface area contributed by atoms with Crippen LogP contribution in [0.4, 0.5) is 0 Å². The molecule has 0 amide bonds. The van der Waals surface area contributed by atoms with Crippen LogP contribution < -0.4 is 0 Å². The van der Waals surface area contributed by atoms with Gasteiger partial charge in [0.25, 0.3) is 0 Å². The first-order valence-electron chi connectivity index (χ1n) is 7.76. The smallest absolute Gasteiger partial charge is 0.207 e. The molecule has 112 valence electrons. The lowest BCUT2D eigenvalue weighted by molar-refractivity contribution is 0.200. The van der Waals surface area contributed by atoms with Crippen LogP contribution in [0.3, 0.4) is 0 Å². The van der Waals surface area contributed by atoms with Crippen LogP contribution in [-0.2, 0) is 4.43 Å². The molecule has 0 aromatic rings. The predicted octanol–water partition coefficient (Wildman–Crippen LogP) is 5.92. The summed E-state index contributed by atoms with van der Waals surface area (Å²) in [6.07, 6.45) is 4.65. The van der Waals surface area contributed by atoms with Crippen LogP contribution in [0.25, 0.3) is 0 Å². The first-order chi connectivity index (χ1) is 8.47. The maximum atomic E-state index is 6.86. The van der Waals surface area contributed by atoms with E-state index in [4.69, 9.17) is 4.43 Å². The summed E-state index contributed by atoms with van der Waals surface area (Å²) >= 11 is 0. The molecule has 0 saturated carbocycles. The Morgan fingerprint density at radius 2 is 1.63 bits per heavy atom. The molecule has 1 aliphatic rings. The maximum absolute atomic E-state index is 6.86. The molecule has 2 atom stereocenters. The third-order valence-corrected chi connectivity index (χ3v) is 12.0. The van der Waals surface area contributed by atoms with Crippen molar-refractivity contribution in [3.63, 3.8) is 0 Å². The molecule has 0 bridgehead atoms. The summed E-state index contributed by atoms with van der Waals surface area (Å²) in [5.74, 6) is 0.708. The number of hydrogen-bond acceptors (Lipinski definition) is 1. The van der Waals surface area contributed by atoms with E-state index in [1.165, 1.54) is 6.42 Å². The maximum Gasteiger partial charge on any atom is 0.207 e. The summed E-state index contributed by atoms with van der Waals surface area (Å²) in [7, 11) is -1.88. The summed E-state index contributed by atoms with van der Waals surface area (Å²) < 4.78 is 6.86. The molecular formula is C17H34OSi. The van der Waals surface area contributed by atoms with Crippen molar-refractivity contribution in [2.45, 2.75) is 90.0 Å². The molecule has 0 unspecified atom stereocenters. The minimum absolute atomic E-state index is 0.274. The van der Waals surface area contributed by atoms with Gasteiger partial charge in [-0.1, -0.05) is 61.5 Å². The second kappa shape index (κ2) is 5.36. The zero-order chi connectivity index (χ0) is 15.1. The van der Waals surface area contributed by atoms with Gasteiger partial charge in [0.15, 0.2) is 0 Å². The Bertz CT molecular complexity index is 305. The van der Waals surface area contributed by atoms with Crippen molar-refractivity contribution in [2.75, 3.05) is 0 Å². The Balaban J connectivity index is 3.30. The van der Waals surface area contributed by atoms with E-state index >= 15 is 0 Å². The normalized spacial score (nSPS) is 27.8. The minimum atomic E-state index is -1.88. The largest absolute Gasteiger partial charge is 0.412 e. The summed E-state index contributed by atoms with van der Waals surface area (Å²) in [4.78, 5) is 0. The van der Waals surface area contributed by atoms with Crippen molar-refractivity contribution < 1.29 is 4.43 Å². The van der Waals surface area contributed by atoms with Crippen LogP contribution in [0.1, 0.15) is 68.2 Å². The summed E-state index contributed by atoms with van der Waals surface area (Å²) in [5, 5.41) is 0.548. The lowest BCUT2D eigenvalue weighted by atomic mass is 10.0. The lowest BCUT2D eigenvalue weighted by Crippen LogP contribution is -2.56. The number of hydrogen-bond donors (Lipinski definition) is 0. The Morgan fingerprint density at radius 3 is 1.89 bits per heavy atom. The van der Waals surface area contributed by atoms with Crippen LogP contribution in [0, 0.1) is 5.92 Å². The molecule has 1 rings (SSSR count). The highest BCUT2D eigenvalue weighted by Crippen LogP contribution is 2.64. The van der Waals surface area contributed by atoms with Crippen LogP contribution >= 0.6 is 0 Å². The summed E-state index contributed by atoms with van der Waals surface area (Å²) in [6.45, 7) is 23.1. The van der Waals surface area contributed by atoms with Crippen molar-refractivity contribution in [1.82, 2.24) is 0 Å². The predicted molar refractivity (Wildman–Crippen MR) is 88.1 cm³/mol. The third-order valence-electron chi connectivity index (χ3n) is 4.85. The highest BCUT2D eigenvalue weighted by Gasteiger charge is 2.64. The van der Waals surface area contributed by atoms with Gasteiger partial charge in [-0.3, -0.25) is 0 Å². The SMILES string of the molecule is C=CC[C@H]1C[C@H](C(C)C)[Si](C(C)(C)C)(C(C)(C)C)O1. The van der Waals surface area contributed by atoms with Gasteiger partial charge in [-0.25, -0.2) is 0 Å². The Morgan fingerprint density at radius 1 is 1.16 bits per heavy atom. The second-order valence-electron chi connectivity index (χ2n) is 8.59. The molecule has 1 nitrogen and oxygen atoms in total. The van der Waals surface area contributed by atoms with E-state index in [9.17, 15) is 0 Å². The molecule has 0 N–H and O–H groups in total. The average Bonchev–Trinajstić information content (AvgIpc) is 2.57. The fraction of sp³-hybridized carbons (Fsp3) is 0.882. The topological polar surface area (TPSA) is 9.23 Å². The third kappa shape index (κ3) is 2.85. The minimum Gasteiger partial charge on any atom is -0.412 e. The highest BCUT2D eigenvalue weighted by atomic mass is 28.4. The standard InChI is InChI=1S/C17H34OSi/c1-10-11-14-12-15(13(2)3)19(18-14,16(4,5)6)17(7,8)9/h10,13-15H,1,11-12H2,2-9H3/t14-,15+/m0/s1. The zero-order valence-corrected chi connectivity index (χ0v) is 15.3. The molecule has 0 radical (unpaired) electrons. The average molecular weight is 283 g/mol. The first kappa shape index (κ1) is 17.0. The van der Waals surface area contributed by atoms with Crippen LogP contribution in [-0.4, -0.2) is 14.4 Å². The van der Waals surface area contributed by atoms with Gasteiger partial charge in [-0.15, -0.1) is 6.58 Å². The molecular weight excluding hydrogens is 248 g/mol. The fourth-order valence-electron chi connectivity index (χ4n) is 4.51. The molecule has 0 spiro atoms. The van der Waals surface area contributed by atoms with E-state index in [1.54, 1.807) is 0 Å². The number of rotatable bonds is 3. The van der Waals surface area contributed by atoms with E-state index in [0.29, 0.717) is 12.0 Å². The summed E-state index contributed by atoms with van der Waals surface area (Å²) in [6, 6.07) is 0. The van der Waals surface area contributed by atoms with Gasteiger partial charge in [-0.2, -0.15) is 0 Å². The van der Waals surface area contributed by atoms with Crippen molar-refractivity contribution in [2.24, 2.45) is 5.92 Å². The van der Waals surface area contributed by atoms with Crippen LogP contribution in [0.5, 0.6) is 0 Å². The molecule has 1 heterocycles. The Labute approximate surface area is 122 Å². The van der Waals surface area contributed by atoms with Crippen molar-refractivity contribution in [3.8, 4) is 0 Å². The van der Waals surface area contributed by atoms with Gasteiger partial charge >= 0.3 is 0 Å². The van der Waals surface area contributed by atoms with Crippen LogP contribution in [0.2, 0.25) is 15.6 Å². The molecule has 0 aromatic carbocycles. The van der Waals surface area contributed by atoms with E-state index in [-0.39, 0.29) is 10.1 Å².